The number of nitrogens with one attached hydrogen (secondary N) is 1. The molecule has 3 amide bonds. The first-order valence-corrected chi connectivity index (χ1v) is 19.1. The fourth-order valence-electron chi connectivity index (χ4n) is 5.25. The molecule has 1 unspecified atom stereocenters. The predicted octanol–water partition coefficient (Wildman–Crippen LogP) is 7.13. The van der Waals surface area contributed by atoms with Crippen LogP contribution >= 0.6 is 11.8 Å². The van der Waals surface area contributed by atoms with Gasteiger partial charge in [-0.1, -0.05) is 73.1 Å². The summed E-state index contributed by atoms with van der Waals surface area (Å²) in [6, 6.07) is 10.3. The maximum Gasteiger partial charge on any atom is 0.418 e. The van der Waals surface area contributed by atoms with Gasteiger partial charge in [0.15, 0.2) is 17.5 Å². The Hall–Kier alpha value is -3.42. The van der Waals surface area contributed by atoms with E-state index < -0.39 is 39.6 Å². The van der Waals surface area contributed by atoms with Crippen molar-refractivity contribution in [2.45, 2.75) is 108 Å². The van der Waals surface area contributed by atoms with E-state index in [1.807, 2.05) is 25.1 Å². The zero-order valence-electron chi connectivity index (χ0n) is 30.1. The summed E-state index contributed by atoms with van der Waals surface area (Å²) in [5, 5.41) is 2.98. The number of ether oxygens (including phenoxy) is 2. The highest BCUT2D eigenvalue weighted by Crippen LogP contribution is 2.38. The number of sulfonamides is 1. The minimum absolute atomic E-state index is 0.0200. The average molecular weight is 715 g/mol. The second kappa shape index (κ2) is 14.8. The number of benzene rings is 2. The number of hydrogen-bond donors (Lipinski definition) is 1. The normalized spacial score (nSPS) is 17.8. The molecule has 11 nitrogen and oxygen atoms in total. The van der Waals surface area contributed by atoms with Crippen LogP contribution in [-0.4, -0.2) is 78.5 Å². The van der Waals surface area contributed by atoms with Crippen LogP contribution in [0.5, 0.6) is 0 Å². The minimum atomic E-state index is -4.26. The maximum absolute atomic E-state index is 14.7. The molecule has 2 aliphatic heterocycles. The third-order valence-electron chi connectivity index (χ3n) is 8.00. The van der Waals surface area contributed by atoms with Crippen molar-refractivity contribution in [2.75, 3.05) is 30.8 Å². The molecule has 2 heterocycles. The zero-order valence-corrected chi connectivity index (χ0v) is 31.7. The number of cyclic esters (lactones) is 1. The van der Waals surface area contributed by atoms with E-state index in [1.54, 1.807) is 23.9 Å². The van der Waals surface area contributed by atoms with Crippen LogP contribution in [-0.2, 0) is 34.5 Å². The van der Waals surface area contributed by atoms with Crippen LogP contribution in [0.4, 0.5) is 16.2 Å². The van der Waals surface area contributed by atoms with Crippen LogP contribution in [0.2, 0.25) is 0 Å². The smallest absolute Gasteiger partial charge is 0.418 e. The molecule has 13 heteroatoms. The van der Waals surface area contributed by atoms with Crippen molar-refractivity contribution in [3.8, 4) is 0 Å². The molecule has 0 radical (unpaired) electrons. The van der Waals surface area contributed by atoms with Crippen molar-refractivity contribution < 1.29 is 32.3 Å². The molecule has 2 aromatic carbocycles. The van der Waals surface area contributed by atoms with Gasteiger partial charge in [-0.3, -0.25) is 13.9 Å². The zero-order chi connectivity index (χ0) is 36.4. The van der Waals surface area contributed by atoms with E-state index in [0.29, 0.717) is 17.2 Å². The molecular formula is C36H50N4O7S2. The number of aliphatic imine (C=N–C) groups is 1. The van der Waals surface area contributed by atoms with Gasteiger partial charge >= 0.3 is 6.09 Å². The summed E-state index contributed by atoms with van der Waals surface area (Å²) in [7, 11) is -4.26. The van der Waals surface area contributed by atoms with Gasteiger partial charge in [0.05, 0.1) is 11.4 Å². The van der Waals surface area contributed by atoms with Crippen molar-refractivity contribution in [3.05, 3.63) is 48.0 Å². The third kappa shape index (κ3) is 8.85. The van der Waals surface area contributed by atoms with Crippen LogP contribution in [0.15, 0.2) is 57.2 Å². The molecule has 0 aromatic heterocycles. The number of carbonyl (C=O) groups is 3. The number of rotatable bonds is 13. The molecular weight excluding hydrogens is 665 g/mol. The van der Waals surface area contributed by atoms with E-state index in [-0.39, 0.29) is 46.8 Å². The summed E-state index contributed by atoms with van der Waals surface area (Å²) < 4.78 is 40.6. The number of nitrogens with zero attached hydrogens (tertiary/aromatic N) is 3. The van der Waals surface area contributed by atoms with Gasteiger partial charge in [-0.2, -0.15) is 0 Å². The molecule has 1 fully saturated rings. The molecule has 0 bridgehead atoms. The Balaban J connectivity index is 1.85. The van der Waals surface area contributed by atoms with Gasteiger partial charge in [-0.05, 0) is 67.3 Å². The Labute approximate surface area is 295 Å². The molecule has 4 rings (SSSR count). The van der Waals surface area contributed by atoms with Crippen LogP contribution < -0.4 is 5.32 Å². The standard InChI is InChI=1S/C36H50N4O7S2/c1-10-11-20-46-21-14-19-39-30(37-25-15-12-13-16-28(25)49(39,44)45)29(40-32(42)36(8,9)47-33(40)43)31(41)38-26-22-24(35(5,6)7)17-18-27(26)48-23-34(2,3)4/h12-13,15-18,22,29H,10-11,14,19-21,23H2,1-9H3,(H,38,41). The SMILES string of the molecule is CCCCOCCCN1C(C(C(=O)Nc2cc(C(C)(C)C)ccc2SCC(C)(C)C)N2C(=O)OC(C)(C)C2=O)=Nc2ccccc2S1(=O)=O. The Morgan fingerprint density at radius 3 is 2.33 bits per heavy atom. The molecule has 1 N–H and O–H groups in total. The van der Waals surface area contributed by atoms with Gasteiger partial charge in [-0.25, -0.2) is 23.1 Å². The molecule has 1 atom stereocenters. The second-order valence-electron chi connectivity index (χ2n) is 15.1. The number of para-hydroxylation sites is 1. The Kier molecular flexibility index (Phi) is 11.6. The fraction of sp³-hybridized carbons (Fsp3) is 0.556. The van der Waals surface area contributed by atoms with Crippen molar-refractivity contribution in [1.29, 1.82) is 0 Å². The van der Waals surface area contributed by atoms with Crippen LogP contribution in [0.25, 0.3) is 0 Å². The first-order chi connectivity index (χ1) is 22.8. The molecule has 2 aromatic rings. The number of amides is 3. The predicted molar refractivity (Wildman–Crippen MR) is 193 cm³/mol. The lowest BCUT2D eigenvalue weighted by molar-refractivity contribution is -0.137. The number of fused-ring (bicyclic) bond motifs is 1. The number of hydrogen-bond acceptors (Lipinski definition) is 9. The Bertz CT molecular complexity index is 1710. The highest BCUT2D eigenvalue weighted by molar-refractivity contribution is 7.99. The second-order valence-corrected chi connectivity index (χ2v) is 17.9. The lowest BCUT2D eigenvalue weighted by atomic mass is 9.87. The summed E-state index contributed by atoms with van der Waals surface area (Å²) in [6.07, 6.45) is 1.04. The summed E-state index contributed by atoms with van der Waals surface area (Å²) in [5.74, 6) is -1.12. The lowest BCUT2D eigenvalue weighted by Gasteiger charge is -2.35. The summed E-state index contributed by atoms with van der Waals surface area (Å²) in [6.45, 7) is 18.1. The van der Waals surface area contributed by atoms with Crippen LogP contribution in [0.1, 0.15) is 87.1 Å². The Morgan fingerprint density at radius 1 is 1.04 bits per heavy atom. The number of anilines is 1. The molecule has 0 aliphatic carbocycles. The largest absolute Gasteiger partial charge is 0.433 e. The quantitative estimate of drug-likeness (QED) is 0.171. The van der Waals surface area contributed by atoms with Gasteiger partial charge < -0.3 is 14.8 Å². The molecule has 2 aliphatic rings. The molecule has 1 saturated heterocycles. The van der Waals surface area contributed by atoms with E-state index in [1.165, 1.54) is 26.0 Å². The van der Waals surface area contributed by atoms with Crippen molar-refractivity contribution in [2.24, 2.45) is 10.4 Å². The summed E-state index contributed by atoms with van der Waals surface area (Å²) >= 11 is 1.57. The molecule has 0 saturated carbocycles. The van der Waals surface area contributed by atoms with E-state index in [9.17, 15) is 22.8 Å². The van der Waals surface area contributed by atoms with E-state index in [4.69, 9.17) is 9.47 Å². The van der Waals surface area contributed by atoms with Gasteiger partial charge in [0.2, 0.25) is 0 Å². The summed E-state index contributed by atoms with van der Waals surface area (Å²) in [5.41, 5.74) is -0.333. The number of carbonyl (C=O) groups excluding carboxylic acids is 3. The number of unbranched alkanes of at least 4 members (excludes halogenated alkanes) is 1. The van der Waals surface area contributed by atoms with E-state index in [0.717, 1.165) is 33.4 Å². The van der Waals surface area contributed by atoms with E-state index in [2.05, 4.69) is 51.9 Å². The minimum Gasteiger partial charge on any atom is -0.433 e. The highest BCUT2D eigenvalue weighted by atomic mass is 32.2. The van der Waals surface area contributed by atoms with Crippen molar-refractivity contribution in [1.82, 2.24) is 9.21 Å². The van der Waals surface area contributed by atoms with Crippen molar-refractivity contribution >= 4 is 56.9 Å². The van der Waals surface area contributed by atoms with Gasteiger partial charge in [0.25, 0.3) is 21.8 Å². The maximum atomic E-state index is 14.7. The summed E-state index contributed by atoms with van der Waals surface area (Å²) in [4.78, 5) is 48.0. The van der Waals surface area contributed by atoms with Gasteiger partial charge in [0.1, 0.15) is 4.90 Å². The molecule has 268 valence electrons. The van der Waals surface area contributed by atoms with Gasteiger partial charge in [-0.15, -0.1) is 11.8 Å². The van der Waals surface area contributed by atoms with Crippen molar-refractivity contribution in [3.63, 3.8) is 0 Å². The topological polar surface area (TPSA) is 135 Å². The number of thioether (sulfide) groups is 1. The fourth-order valence-corrected chi connectivity index (χ4v) is 7.89. The first kappa shape index (κ1) is 38.4. The average Bonchev–Trinajstić information content (AvgIpc) is 3.20. The monoisotopic (exact) mass is 714 g/mol. The van der Waals surface area contributed by atoms with Crippen LogP contribution in [0.3, 0.4) is 0 Å². The highest BCUT2D eigenvalue weighted by Gasteiger charge is 2.55. The molecule has 49 heavy (non-hydrogen) atoms. The van der Waals surface area contributed by atoms with Gasteiger partial charge in [0, 0.05) is 30.4 Å². The first-order valence-electron chi connectivity index (χ1n) is 16.7. The van der Waals surface area contributed by atoms with Crippen LogP contribution in [0, 0.1) is 5.41 Å². The Morgan fingerprint density at radius 2 is 1.71 bits per heavy atom. The number of imide groups is 1. The third-order valence-corrected chi connectivity index (χ3v) is 11.5. The lowest BCUT2D eigenvalue weighted by Crippen LogP contribution is -2.59. The van der Waals surface area contributed by atoms with E-state index >= 15 is 0 Å². The molecule has 0 spiro atoms. The number of amidine groups is 1.